The largest absolute Gasteiger partial charge is 0.359 e. The Hall–Kier alpha value is -1.13. The average molecular weight is 207 g/mol. The second-order valence-corrected chi connectivity index (χ2v) is 3.98. The van der Waals surface area contributed by atoms with Crippen molar-refractivity contribution in [3.05, 3.63) is 29.4 Å². The number of nitrogens with one attached hydrogen (secondary N) is 1. The number of H-pyrrole nitrogens is 1. The van der Waals surface area contributed by atoms with Crippen LogP contribution in [0, 0.1) is 0 Å². The number of nitrogens with zero attached hydrogens (tertiary/aromatic N) is 1. The minimum atomic E-state index is 0.732. The zero-order valence-electron chi connectivity index (χ0n) is 7.86. The summed E-state index contributed by atoms with van der Waals surface area (Å²) in [5.41, 5.74) is 7.68. The Morgan fingerprint density at radius 2 is 2.43 bits per heavy atom. The Morgan fingerprint density at radius 1 is 1.50 bits per heavy atom. The predicted molar refractivity (Wildman–Crippen MR) is 59.3 cm³/mol. The smallest absolute Gasteiger partial charge is 0.139 e. The molecule has 0 fully saturated rings. The van der Waals surface area contributed by atoms with Crippen molar-refractivity contribution in [3.8, 4) is 10.7 Å². The third-order valence-corrected chi connectivity index (χ3v) is 2.94. The molecule has 2 aromatic heterocycles. The first-order chi connectivity index (χ1) is 6.90. The summed E-state index contributed by atoms with van der Waals surface area (Å²) in [6, 6.07) is 4.02. The highest BCUT2D eigenvalue weighted by Crippen LogP contribution is 2.22. The molecule has 0 saturated heterocycles. The van der Waals surface area contributed by atoms with E-state index < -0.39 is 0 Å². The van der Waals surface area contributed by atoms with Gasteiger partial charge in [0.15, 0.2) is 0 Å². The first-order valence-electron chi connectivity index (χ1n) is 4.68. The van der Waals surface area contributed by atoms with Gasteiger partial charge in [-0.25, -0.2) is 4.98 Å². The van der Waals surface area contributed by atoms with Crippen LogP contribution in [0.1, 0.15) is 12.1 Å². The minimum Gasteiger partial charge on any atom is -0.359 e. The summed E-state index contributed by atoms with van der Waals surface area (Å²) in [5.74, 6) is 0. The number of aromatic nitrogens is 2. The summed E-state index contributed by atoms with van der Waals surface area (Å²) in [5, 5.41) is 3.16. The normalized spacial score (nSPS) is 10.6. The van der Waals surface area contributed by atoms with Crippen LogP contribution in [-0.4, -0.2) is 16.5 Å². The van der Waals surface area contributed by atoms with Gasteiger partial charge >= 0.3 is 0 Å². The summed E-state index contributed by atoms with van der Waals surface area (Å²) in [6.45, 7) is 0.732. The summed E-state index contributed by atoms with van der Waals surface area (Å²) < 4.78 is 0. The maximum Gasteiger partial charge on any atom is 0.139 e. The Morgan fingerprint density at radius 3 is 3.14 bits per heavy atom. The second-order valence-electron chi connectivity index (χ2n) is 3.12. The third-order valence-electron chi connectivity index (χ3n) is 2.02. The Kier molecular flexibility index (Phi) is 2.96. The van der Waals surface area contributed by atoms with Gasteiger partial charge in [0.05, 0.1) is 11.4 Å². The lowest BCUT2D eigenvalue weighted by Gasteiger charge is -1.92. The van der Waals surface area contributed by atoms with Gasteiger partial charge in [-0.2, -0.15) is 0 Å². The van der Waals surface area contributed by atoms with Crippen molar-refractivity contribution in [2.24, 2.45) is 5.73 Å². The monoisotopic (exact) mass is 207 g/mol. The molecule has 2 heterocycles. The lowest BCUT2D eigenvalue weighted by atomic mass is 10.2. The molecule has 2 rings (SSSR count). The van der Waals surface area contributed by atoms with Gasteiger partial charge in [-0.3, -0.25) is 0 Å². The highest BCUT2D eigenvalue weighted by molar-refractivity contribution is 7.13. The van der Waals surface area contributed by atoms with E-state index >= 15 is 0 Å². The fourth-order valence-corrected chi connectivity index (χ4v) is 2.13. The average Bonchev–Trinajstić information content (AvgIpc) is 2.85. The molecule has 0 saturated carbocycles. The number of thiazole rings is 1. The van der Waals surface area contributed by atoms with Crippen LogP contribution in [0.25, 0.3) is 10.7 Å². The molecule has 2 aromatic rings. The van der Waals surface area contributed by atoms with E-state index in [9.17, 15) is 0 Å². The lowest BCUT2D eigenvalue weighted by molar-refractivity contribution is 0.816. The molecule has 0 aliphatic heterocycles. The molecule has 3 N–H and O–H groups in total. The van der Waals surface area contributed by atoms with E-state index in [4.69, 9.17) is 5.73 Å². The van der Waals surface area contributed by atoms with E-state index in [0.29, 0.717) is 0 Å². The summed E-state index contributed by atoms with van der Waals surface area (Å²) in [4.78, 5) is 7.67. The minimum absolute atomic E-state index is 0.732. The molecule has 0 radical (unpaired) electrons. The van der Waals surface area contributed by atoms with Crippen LogP contribution in [0.15, 0.2) is 23.7 Å². The van der Waals surface area contributed by atoms with Gasteiger partial charge in [0, 0.05) is 11.6 Å². The summed E-state index contributed by atoms with van der Waals surface area (Å²) in [6.07, 6.45) is 3.90. The van der Waals surface area contributed by atoms with Gasteiger partial charge in [-0.1, -0.05) is 0 Å². The molecule has 0 aliphatic carbocycles. The van der Waals surface area contributed by atoms with Crippen LogP contribution in [0.5, 0.6) is 0 Å². The van der Waals surface area contributed by atoms with Gasteiger partial charge in [-0.15, -0.1) is 11.3 Å². The van der Waals surface area contributed by atoms with E-state index in [1.807, 2.05) is 18.3 Å². The van der Waals surface area contributed by atoms with E-state index in [1.165, 1.54) is 0 Å². The molecule has 0 aliphatic rings. The maximum atomic E-state index is 5.45. The standard InChI is InChI=1S/C10H13N3S/c11-5-1-3-8-7-14-10(13-8)9-4-2-6-12-9/h2,4,6-7,12H,1,3,5,11H2. The molecule has 4 heteroatoms. The molecule has 0 bridgehead atoms. The highest BCUT2D eigenvalue weighted by atomic mass is 32.1. The fourth-order valence-electron chi connectivity index (χ4n) is 1.29. The van der Waals surface area contributed by atoms with Crippen LogP contribution in [0.4, 0.5) is 0 Å². The molecule has 14 heavy (non-hydrogen) atoms. The number of nitrogens with two attached hydrogens (primary N) is 1. The molecule has 0 spiro atoms. The molecular weight excluding hydrogens is 194 g/mol. The predicted octanol–water partition coefficient (Wildman–Crippen LogP) is 2.03. The fraction of sp³-hybridized carbons (Fsp3) is 0.300. The maximum absolute atomic E-state index is 5.45. The number of hydrogen-bond donors (Lipinski definition) is 2. The van der Waals surface area contributed by atoms with E-state index in [-0.39, 0.29) is 0 Å². The molecule has 3 nitrogen and oxygen atoms in total. The molecule has 74 valence electrons. The Balaban J connectivity index is 2.10. The Labute approximate surface area is 87.0 Å². The van der Waals surface area contributed by atoms with E-state index in [1.54, 1.807) is 11.3 Å². The topological polar surface area (TPSA) is 54.7 Å². The van der Waals surface area contributed by atoms with Gasteiger partial charge < -0.3 is 10.7 Å². The summed E-state index contributed by atoms with van der Waals surface area (Å²) >= 11 is 1.67. The second kappa shape index (κ2) is 4.39. The number of hydrogen-bond acceptors (Lipinski definition) is 3. The van der Waals surface area contributed by atoms with Gasteiger partial charge in [0.25, 0.3) is 0 Å². The van der Waals surface area contributed by atoms with E-state index in [0.717, 1.165) is 35.8 Å². The Bertz CT molecular complexity index is 378. The zero-order chi connectivity index (χ0) is 9.80. The van der Waals surface area contributed by atoms with Crippen molar-refractivity contribution in [3.63, 3.8) is 0 Å². The van der Waals surface area contributed by atoms with Crippen LogP contribution < -0.4 is 5.73 Å². The van der Waals surface area contributed by atoms with Gasteiger partial charge in [0.2, 0.25) is 0 Å². The van der Waals surface area contributed by atoms with Crippen LogP contribution in [0.3, 0.4) is 0 Å². The zero-order valence-corrected chi connectivity index (χ0v) is 8.68. The summed E-state index contributed by atoms with van der Waals surface area (Å²) in [7, 11) is 0. The van der Waals surface area contributed by atoms with Crippen LogP contribution >= 0.6 is 11.3 Å². The van der Waals surface area contributed by atoms with Gasteiger partial charge in [0.1, 0.15) is 5.01 Å². The van der Waals surface area contributed by atoms with Crippen molar-refractivity contribution >= 4 is 11.3 Å². The number of aryl methyl sites for hydroxylation is 1. The molecule has 0 atom stereocenters. The van der Waals surface area contributed by atoms with Crippen molar-refractivity contribution in [2.75, 3.05) is 6.54 Å². The van der Waals surface area contributed by atoms with Crippen molar-refractivity contribution in [2.45, 2.75) is 12.8 Å². The molecular formula is C10H13N3S. The van der Waals surface area contributed by atoms with Crippen LogP contribution in [-0.2, 0) is 6.42 Å². The SMILES string of the molecule is NCCCc1csc(-c2ccc[nH]2)n1. The number of aromatic amines is 1. The molecule has 0 amide bonds. The van der Waals surface area contributed by atoms with Gasteiger partial charge in [-0.05, 0) is 31.5 Å². The van der Waals surface area contributed by atoms with Crippen molar-refractivity contribution in [1.29, 1.82) is 0 Å². The van der Waals surface area contributed by atoms with Crippen LogP contribution in [0.2, 0.25) is 0 Å². The molecule has 0 unspecified atom stereocenters. The van der Waals surface area contributed by atoms with Crippen molar-refractivity contribution < 1.29 is 0 Å². The van der Waals surface area contributed by atoms with Crippen molar-refractivity contribution in [1.82, 2.24) is 9.97 Å². The molecule has 0 aromatic carbocycles. The quantitative estimate of drug-likeness (QED) is 0.806. The highest BCUT2D eigenvalue weighted by Gasteiger charge is 2.04. The number of rotatable bonds is 4. The third kappa shape index (κ3) is 2.02. The first kappa shape index (κ1) is 9.43. The lowest BCUT2D eigenvalue weighted by Crippen LogP contribution is -2.00. The first-order valence-corrected chi connectivity index (χ1v) is 5.56. The van der Waals surface area contributed by atoms with E-state index in [2.05, 4.69) is 15.3 Å².